The molecule has 0 spiro atoms. The molecule has 0 aromatic heterocycles. The van der Waals surface area contributed by atoms with Crippen molar-refractivity contribution in [2.24, 2.45) is 4.99 Å². The third-order valence-corrected chi connectivity index (χ3v) is 1.97. The minimum absolute atomic E-state index is 0.291. The molecule has 1 heterocycles. The molecule has 1 unspecified atom stereocenters. The molecule has 5 heteroatoms. The molecule has 12 heavy (non-hydrogen) atoms. The van der Waals surface area contributed by atoms with Gasteiger partial charge in [0.1, 0.15) is 4.83 Å². The van der Waals surface area contributed by atoms with Crippen LogP contribution in [0, 0.1) is 0 Å². The Morgan fingerprint density at radius 3 is 2.92 bits per heavy atom. The maximum atomic E-state index is 10.9. The van der Waals surface area contributed by atoms with E-state index < -0.39 is 10.8 Å². The van der Waals surface area contributed by atoms with Crippen LogP contribution in [-0.2, 0) is 14.3 Å². The van der Waals surface area contributed by atoms with Crippen molar-refractivity contribution in [1.29, 1.82) is 0 Å². The number of halogens is 1. The van der Waals surface area contributed by atoms with Crippen molar-refractivity contribution in [1.82, 2.24) is 0 Å². The molecule has 0 saturated heterocycles. The first-order valence-electron chi connectivity index (χ1n) is 3.17. The van der Waals surface area contributed by atoms with E-state index in [4.69, 9.17) is 0 Å². The molecule has 0 bridgehead atoms. The Bertz CT molecular complexity index is 282. The van der Waals surface area contributed by atoms with Gasteiger partial charge in [0, 0.05) is 6.21 Å². The van der Waals surface area contributed by atoms with Crippen LogP contribution in [0.2, 0.25) is 0 Å². The first kappa shape index (κ1) is 9.12. The monoisotopic (exact) mass is 231 g/mol. The highest BCUT2D eigenvalue weighted by molar-refractivity contribution is 9.10. The van der Waals surface area contributed by atoms with Gasteiger partial charge in [-0.1, -0.05) is 15.9 Å². The number of alkyl halides is 1. The fourth-order valence-electron chi connectivity index (χ4n) is 0.715. The van der Waals surface area contributed by atoms with Gasteiger partial charge in [0.05, 0.1) is 12.7 Å². The maximum absolute atomic E-state index is 10.9. The number of methoxy groups -OCH3 is 1. The van der Waals surface area contributed by atoms with Gasteiger partial charge in [0.2, 0.25) is 0 Å². The molecule has 0 N–H and O–H groups in total. The molecule has 1 amide bonds. The third kappa shape index (κ3) is 1.79. The molecule has 1 aliphatic heterocycles. The zero-order valence-corrected chi connectivity index (χ0v) is 7.87. The van der Waals surface area contributed by atoms with E-state index in [9.17, 15) is 9.59 Å². The van der Waals surface area contributed by atoms with Crippen LogP contribution < -0.4 is 0 Å². The minimum atomic E-state index is -0.517. The number of hydrogen-bond donors (Lipinski definition) is 0. The number of aliphatic imine (C=N–C) groups is 1. The number of nitrogens with zero attached hydrogens (tertiary/aromatic N) is 1. The van der Waals surface area contributed by atoms with E-state index in [1.807, 2.05) is 0 Å². The minimum Gasteiger partial charge on any atom is -0.465 e. The second kappa shape index (κ2) is 3.62. The van der Waals surface area contributed by atoms with Crippen LogP contribution in [0.25, 0.3) is 0 Å². The second-order valence-electron chi connectivity index (χ2n) is 2.11. The highest BCUT2D eigenvalue weighted by atomic mass is 79.9. The number of dihydropyridines is 1. The number of carbonyl (C=O) groups is 2. The number of ether oxygens (including phenoxy) is 1. The quantitative estimate of drug-likeness (QED) is 0.487. The molecule has 0 radical (unpaired) electrons. The van der Waals surface area contributed by atoms with E-state index in [1.54, 1.807) is 0 Å². The van der Waals surface area contributed by atoms with Crippen molar-refractivity contribution in [3.8, 4) is 0 Å². The topological polar surface area (TPSA) is 55.7 Å². The Balaban J connectivity index is 2.83. The lowest BCUT2D eigenvalue weighted by Gasteiger charge is -2.06. The van der Waals surface area contributed by atoms with Gasteiger partial charge in [0.15, 0.2) is 0 Å². The molecule has 0 saturated carbocycles. The van der Waals surface area contributed by atoms with Gasteiger partial charge < -0.3 is 4.74 Å². The highest BCUT2D eigenvalue weighted by Gasteiger charge is 2.19. The number of hydrogen-bond acceptors (Lipinski definition) is 3. The van der Waals surface area contributed by atoms with E-state index in [-0.39, 0.29) is 5.91 Å². The molecular weight excluding hydrogens is 226 g/mol. The van der Waals surface area contributed by atoms with E-state index in [1.165, 1.54) is 19.4 Å². The van der Waals surface area contributed by atoms with Crippen LogP contribution in [0.1, 0.15) is 0 Å². The Hall–Kier alpha value is -0.970. The summed E-state index contributed by atoms with van der Waals surface area (Å²) >= 11 is 3.04. The smallest absolute Gasteiger partial charge is 0.339 e. The summed E-state index contributed by atoms with van der Waals surface area (Å²) in [5, 5.41) is 0. The van der Waals surface area contributed by atoms with E-state index in [0.29, 0.717) is 5.57 Å². The molecular formula is C7H6BrNO3. The zero-order valence-electron chi connectivity index (χ0n) is 6.28. The van der Waals surface area contributed by atoms with Crippen molar-refractivity contribution in [3.63, 3.8) is 0 Å². The van der Waals surface area contributed by atoms with Gasteiger partial charge in [-0.2, -0.15) is 0 Å². The van der Waals surface area contributed by atoms with Gasteiger partial charge in [-0.05, 0) is 6.08 Å². The number of esters is 1. The number of rotatable bonds is 1. The van der Waals surface area contributed by atoms with E-state index >= 15 is 0 Å². The Morgan fingerprint density at radius 2 is 2.42 bits per heavy atom. The summed E-state index contributed by atoms with van der Waals surface area (Å²) in [5.74, 6) is -0.807. The van der Waals surface area contributed by atoms with Gasteiger partial charge in [-0.3, -0.25) is 4.79 Å². The van der Waals surface area contributed by atoms with Crippen LogP contribution >= 0.6 is 15.9 Å². The summed E-state index contributed by atoms with van der Waals surface area (Å²) in [7, 11) is 1.27. The number of carbonyl (C=O) groups excluding carboxylic acids is 2. The second-order valence-corrected chi connectivity index (χ2v) is 3.10. The van der Waals surface area contributed by atoms with Gasteiger partial charge in [-0.25, -0.2) is 9.79 Å². The average Bonchev–Trinajstić information content (AvgIpc) is 2.08. The molecule has 0 aromatic carbocycles. The van der Waals surface area contributed by atoms with Crippen LogP contribution in [0.4, 0.5) is 0 Å². The first-order valence-corrected chi connectivity index (χ1v) is 4.09. The van der Waals surface area contributed by atoms with Crippen LogP contribution in [0.5, 0.6) is 0 Å². The lowest BCUT2D eigenvalue weighted by atomic mass is 10.2. The van der Waals surface area contributed by atoms with Crippen molar-refractivity contribution in [3.05, 3.63) is 11.6 Å². The third-order valence-electron chi connectivity index (χ3n) is 1.31. The standard InChI is InChI=1S/C7H6BrNO3/c1-12-7(11)4-2-5(8)6(10)9-3-4/h2-3,5H,1H3. The Kier molecular flexibility index (Phi) is 2.75. The van der Waals surface area contributed by atoms with Gasteiger partial charge in [0.25, 0.3) is 5.91 Å². The molecule has 1 atom stereocenters. The molecule has 0 aromatic rings. The first-order chi connectivity index (χ1) is 5.65. The van der Waals surface area contributed by atoms with Crippen molar-refractivity contribution < 1.29 is 14.3 Å². The number of amides is 1. The predicted molar refractivity (Wildman–Crippen MR) is 46.3 cm³/mol. The van der Waals surface area contributed by atoms with E-state index in [0.717, 1.165) is 0 Å². The van der Waals surface area contributed by atoms with Crippen molar-refractivity contribution in [2.75, 3.05) is 7.11 Å². The maximum Gasteiger partial charge on any atom is 0.339 e. The van der Waals surface area contributed by atoms with Crippen molar-refractivity contribution in [2.45, 2.75) is 4.83 Å². The lowest BCUT2D eigenvalue weighted by Crippen LogP contribution is -2.18. The summed E-state index contributed by atoms with van der Waals surface area (Å²) in [6.07, 6.45) is 2.66. The molecule has 64 valence electrons. The van der Waals surface area contributed by atoms with Crippen molar-refractivity contribution >= 4 is 34.0 Å². The van der Waals surface area contributed by atoms with Crippen LogP contribution in [0.3, 0.4) is 0 Å². The predicted octanol–water partition coefficient (Wildman–Crippen LogP) is 0.460. The highest BCUT2D eigenvalue weighted by Crippen LogP contribution is 2.12. The van der Waals surface area contributed by atoms with Crippen LogP contribution in [0.15, 0.2) is 16.6 Å². The van der Waals surface area contributed by atoms with E-state index in [2.05, 4.69) is 25.7 Å². The summed E-state index contributed by atoms with van der Waals surface area (Å²) < 4.78 is 4.44. The molecule has 1 rings (SSSR count). The molecule has 0 fully saturated rings. The van der Waals surface area contributed by atoms with Crippen LogP contribution in [-0.4, -0.2) is 30.0 Å². The molecule has 4 nitrogen and oxygen atoms in total. The SMILES string of the molecule is COC(=O)C1=CC(Br)C(=O)N=C1. The Labute approximate surface area is 77.4 Å². The average molecular weight is 232 g/mol. The zero-order chi connectivity index (χ0) is 9.14. The summed E-state index contributed by atoms with van der Waals surface area (Å²) in [4.78, 5) is 24.7. The fourth-order valence-corrected chi connectivity index (χ4v) is 1.12. The summed E-state index contributed by atoms with van der Waals surface area (Å²) in [6.45, 7) is 0. The fraction of sp³-hybridized carbons (Fsp3) is 0.286. The molecule has 0 aliphatic carbocycles. The normalized spacial score (nSPS) is 22.0. The largest absolute Gasteiger partial charge is 0.465 e. The molecule has 1 aliphatic rings. The van der Waals surface area contributed by atoms with Gasteiger partial charge >= 0.3 is 5.97 Å². The van der Waals surface area contributed by atoms with Gasteiger partial charge in [-0.15, -0.1) is 0 Å². The summed E-state index contributed by atoms with van der Waals surface area (Å²) in [6, 6.07) is 0. The Morgan fingerprint density at radius 1 is 1.75 bits per heavy atom. The lowest BCUT2D eigenvalue weighted by molar-refractivity contribution is -0.135. The summed E-state index contributed by atoms with van der Waals surface area (Å²) in [5.41, 5.74) is 0.291.